The van der Waals surface area contributed by atoms with Crippen LogP contribution in [0.1, 0.15) is 18.4 Å². The Balaban J connectivity index is 2.77. The van der Waals surface area contributed by atoms with Gasteiger partial charge in [0, 0.05) is 12.5 Å². The summed E-state index contributed by atoms with van der Waals surface area (Å²) >= 11 is 0. The number of ether oxygens (including phenoxy) is 1. The Morgan fingerprint density at radius 3 is 2.33 bits per heavy atom. The van der Waals surface area contributed by atoms with Crippen molar-refractivity contribution in [3.05, 3.63) is 29.8 Å². The predicted octanol–water partition coefficient (Wildman–Crippen LogP) is 1.79. The highest BCUT2D eigenvalue weighted by atomic mass is 16.5. The van der Waals surface area contributed by atoms with Gasteiger partial charge in [-0.2, -0.15) is 0 Å². The first-order valence-electron chi connectivity index (χ1n) is 4.02. The number of methoxy groups -OCH3 is 1. The largest absolute Gasteiger partial charge is 0.497 e. The lowest BCUT2D eigenvalue weighted by molar-refractivity contribution is 0.273. The van der Waals surface area contributed by atoms with E-state index >= 15 is 0 Å². The molecule has 0 amide bonds. The van der Waals surface area contributed by atoms with Gasteiger partial charge in [0.2, 0.25) is 0 Å². The maximum atomic E-state index is 8.88. The van der Waals surface area contributed by atoms with Crippen LogP contribution in [0.5, 0.6) is 5.75 Å². The van der Waals surface area contributed by atoms with Crippen molar-refractivity contribution in [2.45, 2.75) is 12.8 Å². The molecule has 1 atom stereocenters. The van der Waals surface area contributed by atoms with Crippen molar-refractivity contribution in [2.24, 2.45) is 0 Å². The summed E-state index contributed by atoms with van der Waals surface area (Å²) in [6.45, 7) is 2.17. The number of hydrogen-bond acceptors (Lipinski definition) is 2. The van der Waals surface area contributed by atoms with E-state index in [1.165, 1.54) is 0 Å². The number of hydrogen-bond donors (Lipinski definition) is 1. The Labute approximate surface area is 72.8 Å². The fourth-order valence-corrected chi connectivity index (χ4v) is 1.04. The van der Waals surface area contributed by atoms with Crippen LogP contribution in [0.3, 0.4) is 0 Å². The maximum absolute atomic E-state index is 8.88. The molecule has 0 spiro atoms. The van der Waals surface area contributed by atoms with Crippen molar-refractivity contribution in [3.63, 3.8) is 0 Å². The third-order valence-electron chi connectivity index (χ3n) is 1.96. The average molecular weight is 166 g/mol. The summed E-state index contributed by atoms with van der Waals surface area (Å²) in [4.78, 5) is 0. The van der Waals surface area contributed by atoms with Gasteiger partial charge < -0.3 is 9.84 Å². The maximum Gasteiger partial charge on any atom is 0.118 e. The van der Waals surface area contributed by atoms with Crippen molar-refractivity contribution in [2.75, 3.05) is 13.7 Å². The smallest absolute Gasteiger partial charge is 0.118 e. The Hall–Kier alpha value is -1.02. The first kappa shape index (κ1) is 9.07. The van der Waals surface area contributed by atoms with E-state index in [1.807, 2.05) is 31.2 Å². The highest BCUT2D eigenvalue weighted by Crippen LogP contribution is 2.18. The second-order valence-corrected chi connectivity index (χ2v) is 2.86. The van der Waals surface area contributed by atoms with Crippen LogP contribution in [0.4, 0.5) is 0 Å². The summed E-state index contributed by atoms with van der Waals surface area (Å²) in [5.74, 6) is 1.06. The Morgan fingerprint density at radius 1 is 1.33 bits per heavy atom. The third kappa shape index (κ3) is 1.98. The first-order valence-corrected chi connectivity index (χ1v) is 4.02. The van der Waals surface area contributed by atoms with Gasteiger partial charge >= 0.3 is 0 Å². The monoisotopic (exact) mass is 166 g/mol. The van der Waals surface area contributed by atoms with Crippen LogP contribution < -0.4 is 4.74 Å². The molecule has 12 heavy (non-hydrogen) atoms. The van der Waals surface area contributed by atoms with Crippen LogP contribution in [-0.4, -0.2) is 18.8 Å². The number of aliphatic hydroxyl groups excluding tert-OH is 1. The normalized spacial score (nSPS) is 12.6. The topological polar surface area (TPSA) is 29.5 Å². The minimum Gasteiger partial charge on any atom is -0.497 e. The molecule has 0 aliphatic heterocycles. The summed E-state index contributed by atoms with van der Waals surface area (Å²) in [5.41, 5.74) is 1.14. The molecular formula is C10H14O2. The van der Waals surface area contributed by atoms with E-state index in [0.717, 1.165) is 11.3 Å². The zero-order chi connectivity index (χ0) is 8.97. The molecule has 66 valence electrons. The summed E-state index contributed by atoms with van der Waals surface area (Å²) in [7, 11) is 1.64. The van der Waals surface area contributed by atoms with Gasteiger partial charge in [0.1, 0.15) is 5.75 Å². The molecule has 0 bridgehead atoms. The molecule has 0 heterocycles. The minimum absolute atomic E-state index is 0.187. The van der Waals surface area contributed by atoms with Crippen molar-refractivity contribution in [3.8, 4) is 5.75 Å². The second kappa shape index (κ2) is 4.12. The molecular weight excluding hydrogens is 152 g/mol. The van der Waals surface area contributed by atoms with E-state index in [0.29, 0.717) is 0 Å². The van der Waals surface area contributed by atoms with Crippen LogP contribution in [-0.2, 0) is 0 Å². The van der Waals surface area contributed by atoms with Gasteiger partial charge in [-0.15, -0.1) is 0 Å². The van der Waals surface area contributed by atoms with Crippen LogP contribution in [0, 0.1) is 0 Å². The van der Waals surface area contributed by atoms with Gasteiger partial charge in [-0.05, 0) is 17.7 Å². The van der Waals surface area contributed by atoms with Crippen molar-refractivity contribution < 1.29 is 9.84 Å². The summed E-state index contributed by atoms with van der Waals surface area (Å²) in [5, 5.41) is 8.88. The summed E-state index contributed by atoms with van der Waals surface area (Å²) < 4.78 is 5.02. The molecule has 0 saturated carbocycles. The summed E-state index contributed by atoms with van der Waals surface area (Å²) in [6, 6.07) is 7.75. The molecule has 0 aliphatic rings. The highest BCUT2D eigenvalue weighted by molar-refractivity contribution is 5.28. The van der Waals surface area contributed by atoms with Crippen molar-refractivity contribution >= 4 is 0 Å². The van der Waals surface area contributed by atoms with E-state index in [2.05, 4.69) is 0 Å². The lowest BCUT2D eigenvalue weighted by Crippen LogP contribution is -1.98. The van der Waals surface area contributed by atoms with E-state index in [9.17, 15) is 0 Å². The number of rotatable bonds is 3. The lowest BCUT2D eigenvalue weighted by Gasteiger charge is -2.08. The Morgan fingerprint density at radius 2 is 1.92 bits per heavy atom. The van der Waals surface area contributed by atoms with E-state index in [-0.39, 0.29) is 12.5 Å². The van der Waals surface area contributed by atoms with Gasteiger partial charge in [0.25, 0.3) is 0 Å². The van der Waals surface area contributed by atoms with Crippen molar-refractivity contribution in [1.29, 1.82) is 0 Å². The lowest BCUT2D eigenvalue weighted by atomic mass is 10.0. The summed E-state index contributed by atoms with van der Waals surface area (Å²) in [6.07, 6.45) is 0. The fraction of sp³-hybridized carbons (Fsp3) is 0.400. The van der Waals surface area contributed by atoms with Crippen LogP contribution >= 0.6 is 0 Å². The predicted molar refractivity (Wildman–Crippen MR) is 48.5 cm³/mol. The first-order chi connectivity index (χ1) is 5.77. The van der Waals surface area contributed by atoms with Gasteiger partial charge in [0.15, 0.2) is 0 Å². The number of benzene rings is 1. The van der Waals surface area contributed by atoms with Crippen LogP contribution in [0.15, 0.2) is 24.3 Å². The van der Waals surface area contributed by atoms with Gasteiger partial charge in [-0.1, -0.05) is 19.1 Å². The highest BCUT2D eigenvalue weighted by Gasteiger charge is 2.02. The molecule has 0 aromatic heterocycles. The molecule has 2 nitrogen and oxygen atoms in total. The van der Waals surface area contributed by atoms with Gasteiger partial charge in [-0.3, -0.25) is 0 Å². The quantitative estimate of drug-likeness (QED) is 0.741. The molecule has 1 aromatic rings. The number of aliphatic hydroxyl groups is 1. The van der Waals surface area contributed by atoms with Gasteiger partial charge in [0.05, 0.1) is 7.11 Å². The Kier molecular flexibility index (Phi) is 3.11. The average Bonchev–Trinajstić information content (AvgIpc) is 2.17. The minimum atomic E-state index is 0.187. The molecule has 0 saturated heterocycles. The molecule has 2 heteroatoms. The van der Waals surface area contributed by atoms with Crippen molar-refractivity contribution in [1.82, 2.24) is 0 Å². The standard InChI is InChI=1S/C10H14O2/c1-8(7-11)9-3-5-10(12-2)6-4-9/h3-6,8,11H,7H2,1-2H3/t8-/m1/s1. The van der Waals surface area contributed by atoms with Gasteiger partial charge in [-0.25, -0.2) is 0 Å². The van der Waals surface area contributed by atoms with E-state index in [4.69, 9.17) is 9.84 Å². The Bertz CT molecular complexity index is 228. The SMILES string of the molecule is COc1ccc([C@H](C)CO)cc1. The van der Waals surface area contributed by atoms with Crippen LogP contribution in [0.25, 0.3) is 0 Å². The third-order valence-corrected chi connectivity index (χ3v) is 1.96. The van der Waals surface area contributed by atoms with Crippen LogP contribution in [0.2, 0.25) is 0 Å². The molecule has 0 radical (unpaired) electrons. The molecule has 0 aliphatic carbocycles. The molecule has 0 fully saturated rings. The molecule has 1 rings (SSSR count). The zero-order valence-corrected chi connectivity index (χ0v) is 7.45. The zero-order valence-electron chi connectivity index (χ0n) is 7.45. The van der Waals surface area contributed by atoms with E-state index in [1.54, 1.807) is 7.11 Å². The second-order valence-electron chi connectivity index (χ2n) is 2.86. The molecule has 1 N–H and O–H groups in total. The fourth-order valence-electron chi connectivity index (χ4n) is 1.04. The van der Waals surface area contributed by atoms with E-state index < -0.39 is 0 Å². The molecule has 1 aromatic carbocycles. The molecule has 0 unspecified atom stereocenters.